The summed E-state index contributed by atoms with van der Waals surface area (Å²) in [5.41, 5.74) is 3.38. The fourth-order valence-corrected chi connectivity index (χ4v) is 4.84. The molecule has 0 bridgehead atoms. The molecule has 0 aromatic heterocycles. The Kier molecular flexibility index (Phi) is 7.25. The Bertz CT molecular complexity index is 734. The molecule has 1 saturated carbocycles. The Hall–Kier alpha value is -1.71. The molecule has 4 atom stereocenters. The Labute approximate surface area is 170 Å². The first-order valence-electron chi connectivity index (χ1n) is 10.8. The highest BCUT2D eigenvalue weighted by Crippen LogP contribution is 2.48. The Morgan fingerprint density at radius 2 is 2.07 bits per heavy atom. The molecular weight excluding hydrogens is 346 g/mol. The van der Waals surface area contributed by atoms with Crippen LogP contribution in [0.5, 0.6) is 0 Å². The van der Waals surface area contributed by atoms with Crippen LogP contribution in [0.25, 0.3) is 0 Å². The lowest BCUT2D eigenvalue weighted by molar-refractivity contribution is 0.104. The SMILES string of the molecule is Cc1cccc(C(=O)/C=C/[C@@H]2[C@H]3CC(CCCCCN(C)C)=C[C@H]3C[C@H]2O)c1. The summed E-state index contributed by atoms with van der Waals surface area (Å²) in [7, 11) is 4.26. The van der Waals surface area contributed by atoms with Gasteiger partial charge in [0.2, 0.25) is 0 Å². The van der Waals surface area contributed by atoms with Gasteiger partial charge < -0.3 is 10.0 Å². The molecule has 1 N–H and O–H groups in total. The van der Waals surface area contributed by atoms with Crippen LogP contribution < -0.4 is 0 Å². The van der Waals surface area contributed by atoms with E-state index >= 15 is 0 Å². The zero-order valence-corrected chi connectivity index (χ0v) is 17.6. The number of benzene rings is 1. The molecule has 1 aromatic rings. The van der Waals surface area contributed by atoms with Gasteiger partial charge >= 0.3 is 0 Å². The third-order valence-corrected chi connectivity index (χ3v) is 6.33. The molecule has 3 heteroatoms. The molecule has 2 aliphatic carbocycles. The molecule has 0 spiro atoms. The van der Waals surface area contributed by atoms with E-state index < -0.39 is 0 Å². The van der Waals surface area contributed by atoms with Crippen molar-refractivity contribution in [2.45, 2.75) is 51.6 Å². The summed E-state index contributed by atoms with van der Waals surface area (Å²) in [5.74, 6) is 1.08. The molecule has 28 heavy (non-hydrogen) atoms. The average molecular weight is 382 g/mol. The van der Waals surface area contributed by atoms with Crippen molar-refractivity contribution in [3.63, 3.8) is 0 Å². The predicted molar refractivity (Wildman–Crippen MR) is 115 cm³/mol. The van der Waals surface area contributed by atoms with Gasteiger partial charge in [0.1, 0.15) is 0 Å². The van der Waals surface area contributed by atoms with Crippen molar-refractivity contribution in [1.82, 2.24) is 4.90 Å². The van der Waals surface area contributed by atoms with E-state index in [1.807, 2.05) is 37.3 Å². The molecule has 0 saturated heterocycles. The monoisotopic (exact) mass is 381 g/mol. The zero-order chi connectivity index (χ0) is 20.1. The quantitative estimate of drug-likeness (QED) is 0.289. The summed E-state index contributed by atoms with van der Waals surface area (Å²) in [5, 5.41) is 10.5. The molecule has 0 heterocycles. The van der Waals surface area contributed by atoms with Crippen molar-refractivity contribution in [2.24, 2.45) is 17.8 Å². The van der Waals surface area contributed by atoms with Crippen molar-refractivity contribution < 1.29 is 9.90 Å². The maximum Gasteiger partial charge on any atom is 0.185 e. The number of aliphatic hydroxyl groups is 1. The lowest BCUT2D eigenvalue weighted by Gasteiger charge is -2.18. The highest BCUT2D eigenvalue weighted by molar-refractivity contribution is 6.04. The van der Waals surface area contributed by atoms with E-state index in [1.54, 1.807) is 11.6 Å². The zero-order valence-electron chi connectivity index (χ0n) is 17.6. The predicted octanol–water partition coefficient (Wildman–Crippen LogP) is 4.80. The molecule has 3 nitrogen and oxygen atoms in total. The second-order valence-electron chi connectivity index (χ2n) is 8.94. The molecule has 0 radical (unpaired) electrons. The van der Waals surface area contributed by atoms with Crippen LogP contribution >= 0.6 is 0 Å². The number of unbranched alkanes of at least 4 members (excludes halogenated alkanes) is 2. The molecule has 0 unspecified atom stereocenters. The van der Waals surface area contributed by atoms with Crippen LogP contribution in [0.3, 0.4) is 0 Å². The summed E-state index contributed by atoms with van der Waals surface area (Å²) in [6.07, 6.45) is 12.7. The number of nitrogens with zero attached hydrogens (tertiary/aromatic N) is 1. The molecular formula is C25H35NO2. The number of aliphatic hydroxyl groups excluding tert-OH is 1. The van der Waals surface area contributed by atoms with Crippen molar-refractivity contribution >= 4 is 5.78 Å². The van der Waals surface area contributed by atoms with Crippen molar-refractivity contribution in [3.8, 4) is 0 Å². The van der Waals surface area contributed by atoms with Crippen molar-refractivity contribution in [3.05, 3.63) is 59.2 Å². The summed E-state index contributed by atoms with van der Waals surface area (Å²) in [4.78, 5) is 14.7. The third-order valence-electron chi connectivity index (χ3n) is 6.33. The van der Waals surface area contributed by atoms with E-state index in [-0.39, 0.29) is 17.8 Å². The highest BCUT2D eigenvalue weighted by atomic mass is 16.3. The maximum absolute atomic E-state index is 12.5. The fraction of sp³-hybridized carbons (Fsp3) is 0.560. The number of carbonyl (C=O) groups is 1. The molecule has 0 aliphatic heterocycles. The molecule has 152 valence electrons. The molecule has 2 aliphatic rings. The van der Waals surface area contributed by atoms with Gasteiger partial charge in [-0.3, -0.25) is 4.79 Å². The largest absolute Gasteiger partial charge is 0.392 e. The number of hydrogen-bond acceptors (Lipinski definition) is 3. The van der Waals surface area contributed by atoms with Gasteiger partial charge in [-0.05, 0) is 83.6 Å². The Morgan fingerprint density at radius 3 is 2.82 bits per heavy atom. The van der Waals surface area contributed by atoms with E-state index in [0.717, 1.165) is 24.0 Å². The first-order valence-corrected chi connectivity index (χ1v) is 10.8. The minimum absolute atomic E-state index is 0.0337. The molecule has 1 fully saturated rings. The number of rotatable bonds is 9. The first kappa shape index (κ1) is 21.0. The minimum atomic E-state index is -0.325. The fourth-order valence-electron chi connectivity index (χ4n) is 4.84. The van der Waals surface area contributed by atoms with Crippen LogP contribution in [0.15, 0.2) is 48.1 Å². The standard InChI is InChI=1S/C25H35NO2/c1-18-8-7-10-20(14-18)24(27)12-11-22-23-16-19(15-21(23)17-25(22)28)9-5-4-6-13-26(2)3/h7-8,10-12,14-15,21-23,25,28H,4-6,9,13,16-17H2,1-3H3/b12-11+/t21-,22+,23-,25+/m0/s1. The number of aryl methyl sites for hydroxylation is 1. The first-order chi connectivity index (χ1) is 13.4. The van der Waals surface area contributed by atoms with Crippen LogP contribution in [0.1, 0.15) is 54.4 Å². The highest BCUT2D eigenvalue weighted by Gasteiger charge is 2.43. The smallest absolute Gasteiger partial charge is 0.185 e. The van der Waals surface area contributed by atoms with E-state index in [1.165, 1.54) is 32.2 Å². The normalized spacial score (nSPS) is 26.8. The van der Waals surface area contributed by atoms with Gasteiger partial charge in [0.15, 0.2) is 5.78 Å². The van der Waals surface area contributed by atoms with E-state index in [4.69, 9.17) is 0 Å². The van der Waals surface area contributed by atoms with Crippen LogP contribution in [0, 0.1) is 24.7 Å². The van der Waals surface area contributed by atoms with Gasteiger partial charge in [-0.1, -0.05) is 47.9 Å². The summed E-state index contributed by atoms with van der Waals surface area (Å²) < 4.78 is 0. The van der Waals surface area contributed by atoms with Gasteiger partial charge in [0.05, 0.1) is 6.10 Å². The van der Waals surface area contributed by atoms with Gasteiger partial charge in [-0.25, -0.2) is 0 Å². The van der Waals surface area contributed by atoms with Gasteiger partial charge in [0, 0.05) is 11.5 Å². The van der Waals surface area contributed by atoms with Gasteiger partial charge in [-0.2, -0.15) is 0 Å². The summed E-state index contributed by atoms with van der Waals surface area (Å²) >= 11 is 0. The average Bonchev–Trinajstić information content (AvgIpc) is 3.15. The lowest BCUT2D eigenvalue weighted by Crippen LogP contribution is -2.17. The van der Waals surface area contributed by atoms with Crippen LogP contribution in [-0.4, -0.2) is 42.5 Å². The Morgan fingerprint density at radius 1 is 1.25 bits per heavy atom. The molecule has 0 amide bonds. The van der Waals surface area contributed by atoms with Crippen LogP contribution in [0.2, 0.25) is 0 Å². The second-order valence-corrected chi connectivity index (χ2v) is 8.94. The van der Waals surface area contributed by atoms with E-state index in [9.17, 15) is 9.90 Å². The van der Waals surface area contributed by atoms with Crippen LogP contribution in [0.4, 0.5) is 0 Å². The third kappa shape index (κ3) is 5.42. The molecule has 1 aromatic carbocycles. The summed E-state index contributed by atoms with van der Waals surface area (Å²) in [6, 6.07) is 7.70. The lowest BCUT2D eigenvalue weighted by atomic mass is 9.88. The topological polar surface area (TPSA) is 40.5 Å². The van der Waals surface area contributed by atoms with E-state index in [0.29, 0.717) is 11.8 Å². The van der Waals surface area contributed by atoms with Crippen molar-refractivity contribution in [1.29, 1.82) is 0 Å². The Balaban J connectivity index is 1.52. The van der Waals surface area contributed by atoms with Crippen LogP contribution in [-0.2, 0) is 0 Å². The minimum Gasteiger partial charge on any atom is -0.392 e. The number of fused-ring (bicyclic) bond motifs is 1. The number of allylic oxidation sites excluding steroid dienone is 3. The number of hydrogen-bond donors (Lipinski definition) is 1. The van der Waals surface area contributed by atoms with Gasteiger partial charge in [0.25, 0.3) is 0 Å². The summed E-state index contributed by atoms with van der Waals surface area (Å²) in [6.45, 7) is 3.16. The maximum atomic E-state index is 12.5. The van der Waals surface area contributed by atoms with Crippen molar-refractivity contribution in [2.75, 3.05) is 20.6 Å². The number of carbonyl (C=O) groups excluding carboxylic acids is 1. The second kappa shape index (κ2) is 9.67. The van der Waals surface area contributed by atoms with E-state index in [2.05, 4.69) is 25.1 Å². The van der Waals surface area contributed by atoms with Gasteiger partial charge in [-0.15, -0.1) is 0 Å². The molecule has 3 rings (SSSR count). The number of ketones is 1.